The molecule has 172 valence electrons. The van der Waals surface area contributed by atoms with Crippen molar-refractivity contribution in [3.8, 4) is 11.3 Å². The minimum absolute atomic E-state index is 0.0267. The normalized spacial score (nSPS) is 14.8. The van der Waals surface area contributed by atoms with Crippen molar-refractivity contribution in [2.45, 2.75) is 12.8 Å². The highest BCUT2D eigenvalue weighted by atomic mass is 19.1. The highest BCUT2D eigenvalue weighted by Crippen LogP contribution is 2.30. The summed E-state index contributed by atoms with van der Waals surface area (Å²) in [6.45, 7) is 1.81. The lowest BCUT2D eigenvalue weighted by Gasteiger charge is -2.27. The quantitative estimate of drug-likeness (QED) is 0.463. The van der Waals surface area contributed by atoms with Gasteiger partial charge in [-0.25, -0.2) is 24.3 Å². The Kier molecular flexibility index (Phi) is 6.09. The van der Waals surface area contributed by atoms with E-state index in [1.165, 1.54) is 12.4 Å². The molecule has 1 amide bonds. The molecule has 5 rings (SSSR count). The number of rotatable bonds is 5. The molecule has 1 aromatic carbocycles. The van der Waals surface area contributed by atoms with Crippen molar-refractivity contribution >= 4 is 34.3 Å². The molecule has 4 heterocycles. The number of hydrogen-bond acceptors (Lipinski definition) is 7. The summed E-state index contributed by atoms with van der Waals surface area (Å²) in [7, 11) is 2.06. The van der Waals surface area contributed by atoms with E-state index in [0.717, 1.165) is 31.3 Å². The summed E-state index contributed by atoms with van der Waals surface area (Å²) in [4.78, 5) is 32.3. The molecule has 1 aliphatic heterocycles. The minimum Gasteiger partial charge on any atom is -0.339 e. The van der Waals surface area contributed by atoms with Crippen LogP contribution in [-0.2, 0) is 4.79 Å². The van der Waals surface area contributed by atoms with Crippen LogP contribution >= 0.6 is 0 Å². The lowest BCUT2D eigenvalue weighted by Crippen LogP contribution is -2.36. The van der Waals surface area contributed by atoms with Gasteiger partial charge in [0.05, 0.1) is 11.4 Å². The Bertz CT molecular complexity index is 1340. The van der Waals surface area contributed by atoms with Crippen LogP contribution in [0.5, 0.6) is 0 Å². The molecule has 8 nitrogen and oxygen atoms in total. The number of aromatic nitrogens is 4. The van der Waals surface area contributed by atoms with Gasteiger partial charge in [0.15, 0.2) is 5.65 Å². The van der Waals surface area contributed by atoms with Gasteiger partial charge in [-0.15, -0.1) is 0 Å². The van der Waals surface area contributed by atoms with Gasteiger partial charge in [-0.3, -0.25) is 4.79 Å². The monoisotopic (exact) mass is 457 g/mol. The second-order valence-corrected chi connectivity index (χ2v) is 8.39. The predicted octanol–water partition coefficient (Wildman–Crippen LogP) is 4.25. The van der Waals surface area contributed by atoms with Crippen molar-refractivity contribution in [1.82, 2.24) is 24.8 Å². The van der Waals surface area contributed by atoms with E-state index < -0.39 is 0 Å². The van der Waals surface area contributed by atoms with Crippen molar-refractivity contribution in [1.29, 1.82) is 0 Å². The Morgan fingerprint density at radius 1 is 1.03 bits per heavy atom. The summed E-state index contributed by atoms with van der Waals surface area (Å²) in [6, 6.07) is 13.6. The summed E-state index contributed by atoms with van der Waals surface area (Å²) in [5.74, 6) is 0.494. The van der Waals surface area contributed by atoms with Crippen LogP contribution in [0.4, 0.5) is 21.7 Å². The molecule has 1 saturated heterocycles. The van der Waals surface area contributed by atoms with E-state index in [0.29, 0.717) is 34.2 Å². The highest BCUT2D eigenvalue weighted by Gasteiger charge is 2.23. The maximum atomic E-state index is 14.4. The number of carbonyl (C=O) groups excluding carboxylic acids is 1. The number of piperidine rings is 1. The van der Waals surface area contributed by atoms with E-state index in [9.17, 15) is 9.18 Å². The second kappa shape index (κ2) is 9.48. The Morgan fingerprint density at radius 3 is 2.65 bits per heavy atom. The molecular weight excluding hydrogens is 433 g/mol. The molecule has 4 aromatic rings. The van der Waals surface area contributed by atoms with Gasteiger partial charge < -0.3 is 15.5 Å². The number of nitrogens with zero attached hydrogens (tertiary/aromatic N) is 5. The summed E-state index contributed by atoms with van der Waals surface area (Å²) < 4.78 is 14.4. The number of likely N-dealkylation sites (tertiary alicyclic amines) is 1. The first-order valence-electron chi connectivity index (χ1n) is 11.2. The van der Waals surface area contributed by atoms with Gasteiger partial charge in [-0.05, 0) is 63.3 Å². The van der Waals surface area contributed by atoms with E-state index in [1.54, 1.807) is 36.5 Å². The topological polar surface area (TPSA) is 95.9 Å². The van der Waals surface area contributed by atoms with E-state index in [4.69, 9.17) is 0 Å². The van der Waals surface area contributed by atoms with Crippen LogP contribution in [-0.4, -0.2) is 50.9 Å². The molecule has 0 aliphatic carbocycles. The fourth-order valence-corrected chi connectivity index (χ4v) is 4.10. The average Bonchev–Trinajstić information content (AvgIpc) is 2.85. The largest absolute Gasteiger partial charge is 0.339 e. The lowest BCUT2D eigenvalue weighted by atomic mass is 9.96. The van der Waals surface area contributed by atoms with Crippen LogP contribution in [0.15, 0.2) is 61.1 Å². The first kappa shape index (κ1) is 21.8. The molecule has 2 N–H and O–H groups in total. The number of pyridine rings is 2. The van der Waals surface area contributed by atoms with Crippen molar-refractivity contribution in [2.75, 3.05) is 30.8 Å². The first-order valence-corrected chi connectivity index (χ1v) is 11.2. The fourth-order valence-electron chi connectivity index (χ4n) is 4.10. The summed E-state index contributed by atoms with van der Waals surface area (Å²) in [6.07, 6.45) is 4.69. The average molecular weight is 458 g/mol. The van der Waals surface area contributed by atoms with Gasteiger partial charge in [-0.1, -0.05) is 12.1 Å². The predicted molar refractivity (Wildman–Crippen MR) is 129 cm³/mol. The maximum Gasteiger partial charge on any atom is 0.228 e. The molecule has 1 aliphatic rings. The zero-order valence-corrected chi connectivity index (χ0v) is 18.7. The van der Waals surface area contributed by atoms with Gasteiger partial charge in [0.1, 0.15) is 23.8 Å². The van der Waals surface area contributed by atoms with E-state index in [2.05, 4.69) is 42.5 Å². The summed E-state index contributed by atoms with van der Waals surface area (Å²) in [5.41, 5.74) is 1.99. The molecule has 0 unspecified atom stereocenters. The Balaban J connectivity index is 1.42. The second-order valence-electron chi connectivity index (χ2n) is 8.39. The van der Waals surface area contributed by atoms with Crippen LogP contribution in [0.1, 0.15) is 12.8 Å². The van der Waals surface area contributed by atoms with Crippen molar-refractivity contribution in [3.63, 3.8) is 0 Å². The van der Waals surface area contributed by atoms with Gasteiger partial charge >= 0.3 is 0 Å². The third-order valence-corrected chi connectivity index (χ3v) is 6.00. The van der Waals surface area contributed by atoms with Crippen molar-refractivity contribution in [2.24, 2.45) is 5.92 Å². The van der Waals surface area contributed by atoms with Gasteiger partial charge in [0.2, 0.25) is 5.91 Å². The summed E-state index contributed by atoms with van der Waals surface area (Å²) >= 11 is 0. The molecule has 0 bridgehead atoms. The smallest absolute Gasteiger partial charge is 0.228 e. The third kappa shape index (κ3) is 4.69. The number of benzene rings is 1. The van der Waals surface area contributed by atoms with Crippen molar-refractivity contribution < 1.29 is 9.18 Å². The Morgan fingerprint density at radius 2 is 1.82 bits per heavy atom. The fraction of sp³-hybridized carbons (Fsp3) is 0.240. The first-order chi connectivity index (χ1) is 16.6. The molecule has 1 fully saturated rings. The molecule has 0 radical (unpaired) electrons. The number of nitrogens with one attached hydrogen (secondary N) is 2. The van der Waals surface area contributed by atoms with E-state index in [1.807, 2.05) is 12.1 Å². The molecular formula is C25H24FN7O. The molecule has 0 atom stereocenters. The molecule has 34 heavy (non-hydrogen) atoms. The highest BCUT2D eigenvalue weighted by molar-refractivity contribution is 5.94. The van der Waals surface area contributed by atoms with Gasteiger partial charge in [0.25, 0.3) is 0 Å². The minimum atomic E-state index is -0.364. The number of amides is 1. The van der Waals surface area contributed by atoms with Crippen molar-refractivity contribution in [3.05, 3.63) is 66.9 Å². The molecule has 3 aromatic heterocycles. The standard InChI is InChI=1S/C25H24FN7O/c1-33-11-8-16(9-12-33)25(34)32-23-14-22(28-15-29-23)30-21-13-20(17-5-2-3-7-19(17)26)31-24-18(21)6-4-10-27-24/h2-7,10,13-16H,8-9,11-12H2,1H3,(H2,27,28,29,30,31,32,34). The number of anilines is 3. The third-order valence-electron chi connectivity index (χ3n) is 6.00. The molecule has 0 spiro atoms. The van der Waals surface area contributed by atoms with E-state index >= 15 is 0 Å². The van der Waals surface area contributed by atoms with E-state index in [-0.39, 0.29) is 17.6 Å². The number of carbonyl (C=O) groups is 1. The SMILES string of the molecule is CN1CCC(C(=O)Nc2cc(Nc3cc(-c4ccccc4F)nc4ncccc34)ncn2)CC1. The maximum absolute atomic E-state index is 14.4. The Labute approximate surface area is 196 Å². The summed E-state index contributed by atoms with van der Waals surface area (Å²) in [5, 5.41) is 6.94. The van der Waals surface area contributed by atoms with Crippen LogP contribution in [0.2, 0.25) is 0 Å². The zero-order chi connectivity index (χ0) is 23.5. The van der Waals surface area contributed by atoms with Crippen LogP contribution in [0.3, 0.4) is 0 Å². The number of hydrogen-bond donors (Lipinski definition) is 2. The van der Waals surface area contributed by atoms with Gasteiger partial charge in [0, 0.05) is 29.1 Å². The van der Waals surface area contributed by atoms with Gasteiger partial charge in [-0.2, -0.15) is 0 Å². The number of fused-ring (bicyclic) bond motifs is 1. The number of halogens is 1. The van der Waals surface area contributed by atoms with Crippen LogP contribution in [0, 0.1) is 11.7 Å². The molecule has 0 saturated carbocycles. The lowest BCUT2D eigenvalue weighted by molar-refractivity contribution is -0.121. The van der Waals surface area contributed by atoms with Crippen LogP contribution in [0.25, 0.3) is 22.3 Å². The Hall–Kier alpha value is -3.98. The van der Waals surface area contributed by atoms with Crippen LogP contribution < -0.4 is 10.6 Å². The molecule has 9 heteroatoms. The zero-order valence-electron chi connectivity index (χ0n) is 18.7.